The van der Waals surface area contributed by atoms with Gasteiger partial charge in [0.05, 0.1) is 4.92 Å². The lowest BCUT2D eigenvalue weighted by Gasteiger charge is -2.62. The number of hydrogen-bond acceptors (Lipinski definition) is 4. The van der Waals surface area contributed by atoms with E-state index in [0.29, 0.717) is 22.8 Å². The Labute approximate surface area is 200 Å². The number of nitro groups is 1. The third-order valence-corrected chi connectivity index (χ3v) is 10.2. The lowest BCUT2D eigenvalue weighted by atomic mass is 9.48. The number of nitrogens with two attached hydrogens (primary N) is 1. The molecule has 1 aromatic carbocycles. The average Bonchev–Trinajstić information content (AvgIpc) is 3.20. The first-order valence-electron chi connectivity index (χ1n) is 12.6. The van der Waals surface area contributed by atoms with E-state index in [-0.39, 0.29) is 23.1 Å². The molecular weight excluding hydrogens is 430 g/mol. The molecule has 3 fully saturated rings. The number of nitrogens with zero attached hydrogens (tertiary/aromatic N) is 2. The Morgan fingerprint density at radius 3 is 2.65 bits per heavy atom. The van der Waals surface area contributed by atoms with Crippen molar-refractivity contribution in [3.05, 3.63) is 52.1 Å². The zero-order valence-electron chi connectivity index (χ0n) is 20.3. The minimum absolute atomic E-state index is 0.121. The van der Waals surface area contributed by atoms with E-state index >= 15 is 0 Å². The van der Waals surface area contributed by atoms with Gasteiger partial charge in [-0.15, -0.1) is 0 Å². The van der Waals surface area contributed by atoms with Crippen LogP contribution in [0.15, 0.2) is 36.4 Å². The summed E-state index contributed by atoms with van der Waals surface area (Å²) >= 11 is 0. The van der Waals surface area contributed by atoms with Gasteiger partial charge in [-0.25, -0.2) is 0 Å². The molecule has 34 heavy (non-hydrogen) atoms. The summed E-state index contributed by atoms with van der Waals surface area (Å²) in [4.78, 5) is 39.1. The van der Waals surface area contributed by atoms with Gasteiger partial charge < -0.3 is 10.6 Å². The fourth-order valence-electron chi connectivity index (χ4n) is 8.34. The van der Waals surface area contributed by atoms with Crippen molar-refractivity contribution in [2.45, 2.75) is 77.3 Å². The Hall–Kier alpha value is -2.70. The smallest absolute Gasteiger partial charge is 0.269 e. The molecular formula is C27H35N3O4. The lowest BCUT2D eigenvalue weighted by Crippen LogP contribution is -2.67. The largest absolute Gasteiger partial charge is 0.367 e. The first kappa shape index (κ1) is 23.1. The summed E-state index contributed by atoms with van der Waals surface area (Å²) in [6, 6.07) is 5.80. The molecule has 0 spiro atoms. The molecule has 1 aromatic rings. The fourth-order valence-corrected chi connectivity index (χ4v) is 8.34. The summed E-state index contributed by atoms with van der Waals surface area (Å²) in [7, 11) is 0. The van der Waals surface area contributed by atoms with Crippen molar-refractivity contribution >= 4 is 17.5 Å². The molecule has 5 rings (SSSR count). The molecule has 3 aliphatic carbocycles. The summed E-state index contributed by atoms with van der Waals surface area (Å²) in [5.41, 5.74) is 4.93. The van der Waals surface area contributed by atoms with E-state index in [1.54, 1.807) is 30.0 Å². The normalized spacial score (nSPS) is 38.4. The number of hydrogen-bond donors (Lipinski definition) is 1. The Kier molecular flexibility index (Phi) is 5.19. The molecule has 7 nitrogen and oxygen atoms in total. The van der Waals surface area contributed by atoms with E-state index in [1.807, 2.05) is 0 Å². The van der Waals surface area contributed by atoms with Crippen LogP contribution in [0.4, 0.5) is 5.69 Å². The first-order valence-corrected chi connectivity index (χ1v) is 12.6. The highest BCUT2D eigenvalue weighted by atomic mass is 16.6. The number of carbonyl (C=O) groups excluding carboxylic acids is 2. The van der Waals surface area contributed by atoms with Crippen LogP contribution in [0.25, 0.3) is 0 Å². The Morgan fingerprint density at radius 2 is 1.94 bits per heavy atom. The topological polar surface area (TPSA) is 107 Å². The standard InChI is InChI=1S/C27H35N3O4/c1-25-13-5-8-20(25)19-9-10-22-26(2,21(19)11-14-25)15-12-23(31)29(22)27(3,24(28)32)17-6-4-7-18(16-17)30(33)34/h4,6-7,12,15-16,19-22H,5,8-11,13-14H2,1-3H3,(H2,28,32)/t19-,20-,21+,22?,25-,26+,27?/m0/s1. The minimum Gasteiger partial charge on any atom is -0.367 e. The average molecular weight is 466 g/mol. The summed E-state index contributed by atoms with van der Waals surface area (Å²) in [5.74, 6) is 0.863. The number of nitro benzene ring substituents is 1. The molecule has 1 aliphatic heterocycles. The highest BCUT2D eigenvalue weighted by Gasteiger charge is 2.61. The van der Waals surface area contributed by atoms with Crippen LogP contribution in [0.1, 0.15) is 71.3 Å². The maximum Gasteiger partial charge on any atom is 0.269 e. The van der Waals surface area contributed by atoms with Crippen molar-refractivity contribution in [1.82, 2.24) is 4.90 Å². The van der Waals surface area contributed by atoms with Gasteiger partial charge in [-0.05, 0) is 80.3 Å². The third kappa shape index (κ3) is 3.08. The maximum absolute atomic E-state index is 13.4. The van der Waals surface area contributed by atoms with Crippen molar-refractivity contribution in [2.24, 2.45) is 34.3 Å². The monoisotopic (exact) mass is 465 g/mol. The number of carbonyl (C=O) groups is 2. The van der Waals surface area contributed by atoms with Crippen LogP contribution in [-0.2, 0) is 15.1 Å². The second-order valence-electron chi connectivity index (χ2n) is 11.7. The van der Waals surface area contributed by atoms with Gasteiger partial charge in [0.25, 0.3) is 5.69 Å². The van der Waals surface area contributed by atoms with Crippen molar-refractivity contribution in [2.75, 3.05) is 0 Å². The van der Waals surface area contributed by atoms with Gasteiger partial charge in [-0.1, -0.05) is 38.5 Å². The molecule has 0 radical (unpaired) electrons. The van der Waals surface area contributed by atoms with Crippen LogP contribution in [0, 0.1) is 38.7 Å². The molecule has 0 bridgehead atoms. The van der Waals surface area contributed by atoms with Gasteiger partial charge in [-0.3, -0.25) is 19.7 Å². The molecule has 7 atom stereocenters. The van der Waals surface area contributed by atoms with E-state index in [9.17, 15) is 19.7 Å². The van der Waals surface area contributed by atoms with Gasteiger partial charge in [0.2, 0.25) is 11.8 Å². The number of rotatable bonds is 4. The molecule has 2 unspecified atom stereocenters. The summed E-state index contributed by atoms with van der Waals surface area (Å²) in [6.07, 6.45) is 11.8. The molecule has 0 aromatic heterocycles. The predicted octanol–water partition coefficient (Wildman–Crippen LogP) is 4.70. The van der Waals surface area contributed by atoms with E-state index < -0.39 is 16.4 Å². The van der Waals surface area contributed by atoms with E-state index in [4.69, 9.17) is 5.73 Å². The molecule has 0 saturated heterocycles. The highest BCUT2D eigenvalue weighted by Crippen LogP contribution is 2.64. The Balaban J connectivity index is 1.58. The zero-order chi connectivity index (χ0) is 24.5. The number of benzene rings is 1. The molecule has 3 saturated carbocycles. The summed E-state index contributed by atoms with van der Waals surface area (Å²) in [6.45, 7) is 6.36. The Morgan fingerprint density at radius 1 is 1.18 bits per heavy atom. The maximum atomic E-state index is 13.4. The molecule has 2 amide bonds. The SMILES string of the molecule is CC(C(N)=O)(c1cccc([N+](=O)[O-])c1)N1C(=O)C=C[C@@]2(C)C1CC[C@@H]1[C@H]2CC[C@]2(C)CCC[C@@H]12. The van der Waals surface area contributed by atoms with Gasteiger partial charge in [-0.2, -0.15) is 0 Å². The zero-order valence-corrected chi connectivity index (χ0v) is 20.3. The van der Waals surface area contributed by atoms with Crippen LogP contribution in [0.5, 0.6) is 0 Å². The van der Waals surface area contributed by atoms with Crippen molar-refractivity contribution in [3.8, 4) is 0 Å². The molecule has 4 aliphatic rings. The highest BCUT2D eigenvalue weighted by molar-refractivity contribution is 5.96. The van der Waals surface area contributed by atoms with Gasteiger partial charge in [0.1, 0.15) is 5.54 Å². The quantitative estimate of drug-likeness (QED) is 0.514. The molecule has 7 heteroatoms. The van der Waals surface area contributed by atoms with Gasteiger partial charge in [0, 0.05) is 23.6 Å². The molecule has 182 valence electrons. The minimum atomic E-state index is -1.48. The molecule has 1 heterocycles. The molecule has 2 N–H and O–H groups in total. The van der Waals surface area contributed by atoms with E-state index in [0.717, 1.165) is 25.2 Å². The number of non-ortho nitro benzene ring substituents is 1. The van der Waals surface area contributed by atoms with Crippen LogP contribution < -0.4 is 5.73 Å². The number of primary amides is 1. The second kappa shape index (κ2) is 7.65. The van der Waals surface area contributed by atoms with Crippen molar-refractivity contribution in [1.29, 1.82) is 0 Å². The lowest BCUT2D eigenvalue weighted by molar-refractivity contribution is -0.385. The summed E-state index contributed by atoms with van der Waals surface area (Å²) < 4.78 is 0. The number of fused-ring (bicyclic) bond motifs is 5. The van der Waals surface area contributed by atoms with Crippen LogP contribution in [0.2, 0.25) is 0 Å². The van der Waals surface area contributed by atoms with Gasteiger partial charge in [0.15, 0.2) is 0 Å². The number of amides is 2. The Bertz CT molecular complexity index is 1090. The van der Waals surface area contributed by atoms with Gasteiger partial charge >= 0.3 is 0 Å². The van der Waals surface area contributed by atoms with Crippen LogP contribution >= 0.6 is 0 Å². The van der Waals surface area contributed by atoms with Crippen LogP contribution in [-0.4, -0.2) is 27.7 Å². The first-order chi connectivity index (χ1) is 16.0. The van der Waals surface area contributed by atoms with Crippen molar-refractivity contribution < 1.29 is 14.5 Å². The van der Waals surface area contributed by atoms with E-state index in [2.05, 4.69) is 19.9 Å². The summed E-state index contributed by atoms with van der Waals surface area (Å²) in [5, 5.41) is 11.4. The van der Waals surface area contributed by atoms with E-state index in [1.165, 1.54) is 37.8 Å². The van der Waals surface area contributed by atoms with Crippen molar-refractivity contribution in [3.63, 3.8) is 0 Å². The predicted molar refractivity (Wildman–Crippen MR) is 128 cm³/mol. The van der Waals surface area contributed by atoms with Crippen LogP contribution in [0.3, 0.4) is 0 Å². The fraction of sp³-hybridized carbons (Fsp3) is 0.630. The second-order valence-corrected chi connectivity index (χ2v) is 11.7. The third-order valence-electron chi connectivity index (χ3n) is 10.2.